The number of benzene rings is 1. The third-order valence-corrected chi connectivity index (χ3v) is 3.90. The summed E-state index contributed by atoms with van der Waals surface area (Å²) in [7, 11) is 0. The third kappa shape index (κ3) is 2.55. The molecule has 0 aromatic heterocycles. The predicted molar refractivity (Wildman–Crippen MR) is 77.1 cm³/mol. The molecule has 2 N–H and O–H groups in total. The van der Waals surface area contributed by atoms with E-state index in [0.717, 1.165) is 11.1 Å². The zero-order chi connectivity index (χ0) is 15.5. The SMILES string of the molecule is CCc1cc(C(C)C)ccc1C(CC)(C(=O)O)C(=O)O. The highest BCUT2D eigenvalue weighted by Crippen LogP contribution is 2.33. The molecule has 0 unspecified atom stereocenters. The topological polar surface area (TPSA) is 74.6 Å². The summed E-state index contributed by atoms with van der Waals surface area (Å²) in [6, 6.07) is 5.42. The number of carboxylic acid groups (broad SMARTS) is 2. The van der Waals surface area contributed by atoms with E-state index in [-0.39, 0.29) is 6.42 Å². The quantitative estimate of drug-likeness (QED) is 0.784. The number of aliphatic carboxylic acids is 2. The second-order valence-electron chi connectivity index (χ2n) is 5.29. The van der Waals surface area contributed by atoms with Crippen LogP contribution in [0.15, 0.2) is 18.2 Å². The van der Waals surface area contributed by atoms with E-state index in [1.807, 2.05) is 19.1 Å². The Bertz CT molecular complexity index is 503. The molecule has 0 aliphatic carbocycles. The number of hydrogen-bond donors (Lipinski definition) is 2. The number of aryl methyl sites for hydroxylation is 1. The second-order valence-corrected chi connectivity index (χ2v) is 5.29. The van der Waals surface area contributed by atoms with Gasteiger partial charge in [0.2, 0.25) is 0 Å². The van der Waals surface area contributed by atoms with Gasteiger partial charge in [-0.15, -0.1) is 0 Å². The Morgan fingerprint density at radius 3 is 2.05 bits per heavy atom. The maximum Gasteiger partial charge on any atom is 0.325 e. The van der Waals surface area contributed by atoms with Gasteiger partial charge in [-0.25, -0.2) is 0 Å². The van der Waals surface area contributed by atoms with Gasteiger partial charge in [-0.1, -0.05) is 45.9 Å². The van der Waals surface area contributed by atoms with Crippen molar-refractivity contribution in [3.63, 3.8) is 0 Å². The lowest BCUT2D eigenvalue weighted by molar-refractivity contribution is -0.157. The van der Waals surface area contributed by atoms with Crippen LogP contribution in [0.1, 0.15) is 56.7 Å². The minimum atomic E-state index is -1.86. The Labute approximate surface area is 119 Å². The molecular weight excluding hydrogens is 256 g/mol. The van der Waals surface area contributed by atoms with Gasteiger partial charge in [0.15, 0.2) is 5.41 Å². The van der Waals surface area contributed by atoms with Gasteiger partial charge in [-0.2, -0.15) is 0 Å². The van der Waals surface area contributed by atoms with E-state index >= 15 is 0 Å². The van der Waals surface area contributed by atoms with Crippen LogP contribution in [-0.4, -0.2) is 22.2 Å². The molecule has 0 saturated carbocycles. The summed E-state index contributed by atoms with van der Waals surface area (Å²) >= 11 is 0. The number of carboxylic acids is 2. The van der Waals surface area contributed by atoms with Gasteiger partial charge in [0.05, 0.1) is 0 Å². The summed E-state index contributed by atoms with van der Waals surface area (Å²) in [6.07, 6.45) is 0.629. The van der Waals surface area contributed by atoms with Crippen molar-refractivity contribution in [2.45, 2.75) is 51.9 Å². The monoisotopic (exact) mass is 278 g/mol. The van der Waals surface area contributed by atoms with E-state index in [1.165, 1.54) is 0 Å². The van der Waals surface area contributed by atoms with Crippen LogP contribution < -0.4 is 0 Å². The van der Waals surface area contributed by atoms with E-state index in [2.05, 4.69) is 13.8 Å². The molecule has 0 heterocycles. The fourth-order valence-electron chi connectivity index (χ4n) is 2.50. The first-order chi connectivity index (χ1) is 9.31. The third-order valence-electron chi connectivity index (χ3n) is 3.90. The van der Waals surface area contributed by atoms with Gasteiger partial charge in [0, 0.05) is 0 Å². The Hall–Kier alpha value is -1.84. The summed E-state index contributed by atoms with van der Waals surface area (Å²) in [5.41, 5.74) is 0.419. The zero-order valence-corrected chi connectivity index (χ0v) is 12.4. The Kier molecular flexibility index (Phi) is 4.93. The average molecular weight is 278 g/mol. The molecule has 4 nitrogen and oxygen atoms in total. The van der Waals surface area contributed by atoms with Crippen LogP contribution >= 0.6 is 0 Å². The van der Waals surface area contributed by atoms with Crippen molar-refractivity contribution in [2.24, 2.45) is 0 Å². The lowest BCUT2D eigenvalue weighted by Crippen LogP contribution is -2.44. The summed E-state index contributed by atoms with van der Waals surface area (Å²) in [4.78, 5) is 23.2. The first-order valence-corrected chi connectivity index (χ1v) is 6.91. The highest BCUT2D eigenvalue weighted by molar-refractivity contribution is 6.05. The Morgan fingerprint density at radius 1 is 1.15 bits per heavy atom. The van der Waals surface area contributed by atoms with Crippen LogP contribution in [0.25, 0.3) is 0 Å². The normalized spacial score (nSPS) is 11.7. The van der Waals surface area contributed by atoms with E-state index in [9.17, 15) is 19.8 Å². The molecule has 0 saturated heterocycles. The second kappa shape index (κ2) is 6.07. The van der Waals surface area contributed by atoms with Gasteiger partial charge in [-0.3, -0.25) is 9.59 Å². The Morgan fingerprint density at radius 2 is 1.70 bits per heavy atom. The maximum absolute atomic E-state index is 11.6. The number of rotatable bonds is 6. The van der Waals surface area contributed by atoms with Gasteiger partial charge < -0.3 is 10.2 Å². The fourth-order valence-corrected chi connectivity index (χ4v) is 2.50. The van der Waals surface area contributed by atoms with Gasteiger partial charge >= 0.3 is 11.9 Å². The van der Waals surface area contributed by atoms with Crippen LogP contribution in [0.4, 0.5) is 0 Å². The highest BCUT2D eigenvalue weighted by atomic mass is 16.4. The standard InChI is InChI=1S/C16H22O4/c1-5-11-9-12(10(3)4)7-8-13(11)16(6-2,14(17)18)15(19)20/h7-10H,5-6H2,1-4H3,(H,17,18)(H,19,20). The summed E-state index contributed by atoms with van der Waals surface area (Å²) in [6.45, 7) is 7.61. The number of hydrogen-bond acceptors (Lipinski definition) is 2. The van der Waals surface area contributed by atoms with Crippen LogP contribution in [0, 0.1) is 0 Å². The van der Waals surface area contributed by atoms with Crippen LogP contribution in [0.2, 0.25) is 0 Å². The zero-order valence-electron chi connectivity index (χ0n) is 12.4. The van der Waals surface area contributed by atoms with Crippen molar-refractivity contribution in [2.75, 3.05) is 0 Å². The maximum atomic E-state index is 11.6. The number of carbonyl (C=O) groups is 2. The van der Waals surface area contributed by atoms with Crippen LogP contribution in [0.3, 0.4) is 0 Å². The van der Waals surface area contributed by atoms with Crippen molar-refractivity contribution < 1.29 is 19.8 Å². The van der Waals surface area contributed by atoms with Crippen LogP contribution in [0.5, 0.6) is 0 Å². The molecule has 0 fully saturated rings. The smallest absolute Gasteiger partial charge is 0.325 e. The van der Waals surface area contributed by atoms with Crippen molar-refractivity contribution in [1.29, 1.82) is 0 Å². The molecule has 110 valence electrons. The highest BCUT2D eigenvalue weighted by Gasteiger charge is 2.47. The molecule has 0 spiro atoms. The van der Waals surface area contributed by atoms with E-state index in [0.29, 0.717) is 17.9 Å². The first-order valence-electron chi connectivity index (χ1n) is 6.91. The molecule has 0 amide bonds. The largest absolute Gasteiger partial charge is 0.480 e. The van der Waals surface area contributed by atoms with Gasteiger partial charge in [0.25, 0.3) is 0 Å². The fraction of sp³-hybridized carbons (Fsp3) is 0.500. The van der Waals surface area contributed by atoms with Crippen molar-refractivity contribution in [3.8, 4) is 0 Å². The molecule has 20 heavy (non-hydrogen) atoms. The minimum absolute atomic E-state index is 0.0195. The molecule has 1 aromatic rings. The predicted octanol–water partition coefficient (Wildman–Crippen LogP) is 3.19. The molecule has 0 bridgehead atoms. The first kappa shape index (κ1) is 16.2. The molecule has 0 aliphatic heterocycles. The molecule has 1 rings (SSSR count). The molecule has 0 radical (unpaired) electrons. The summed E-state index contributed by atoms with van der Waals surface area (Å²) in [5.74, 6) is -2.29. The van der Waals surface area contributed by atoms with Crippen LogP contribution in [-0.2, 0) is 21.4 Å². The Balaban J connectivity index is 3.57. The molecule has 1 aromatic carbocycles. The summed E-state index contributed by atoms with van der Waals surface area (Å²) in [5, 5.41) is 18.9. The average Bonchev–Trinajstić information content (AvgIpc) is 2.39. The van der Waals surface area contributed by atoms with Crippen molar-refractivity contribution in [1.82, 2.24) is 0 Å². The lowest BCUT2D eigenvalue weighted by Gasteiger charge is -2.27. The van der Waals surface area contributed by atoms with Gasteiger partial charge in [0.1, 0.15) is 0 Å². The van der Waals surface area contributed by atoms with E-state index < -0.39 is 17.4 Å². The molecule has 0 atom stereocenters. The van der Waals surface area contributed by atoms with E-state index in [4.69, 9.17) is 0 Å². The lowest BCUT2D eigenvalue weighted by atomic mass is 9.75. The van der Waals surface area contributed by atoms with Crippen molar-refractivity contribution >= 4 is 11.9 Å². The molecular formula is C16H22O4. The van der Waals surface area contributed by atoms with Crippen molar-refractivity contribution in [3.05, 3.63) is 34.9 Å². The summed E-state index contributed by atoms with van der Waals surface area (Å²) < 4.78 is 0. The molecule has 4 heteroatoms. The minimum Gasteiger partial charge on any atom is -0.480 e. The molecule has 0 aliphatic rings. The van der Waals surface area contributed by atoms with Gasteiger partial charge in [-0.05, 0) is 35.4 Å². The van der Waals surface area contributed by atoms with E-state index in [1.54, 1.807) is 13.0 Å².